The highest BCUT2D eigenvalue weighted by atomic mass is 35.5. The average Bonchev–Trinajstić information content (AvgIpc) is 2.40. The summed E-state index contributed by atoms with van der Waals surface area (Å²) < 4.78 is 26.8. The maximum Gasteiger partial charge on any atom is 0.263 e. The lowest BCUT2D eigenvalue weighted by atomic mass is 10.2. The van der Waals surface area contributed by atoms with Crippen LogP contribution in [0.2, 0.25) is 5.02 Å². The number of rotatable bonds is 3. The zero-order valence-corrected chi connectivity index (χ0v) is 11.7. The second-order valence-corrected chi connectivity index (χ2v) is 6.04. The van der Waals surface area contributed by atoms with E-state index in [1.54, 1.807) is 24.3 Å². The Morgan fingerprint density at radius 1 is 1.15 bits per heavy atom. The first-order valence-corrected chi connectivity index (χ1v) is 7.36. The van der Waals surface area contributed by atoms with E-state index in [0.29, 0.717) is 16.9 Å². The van der Waals surface area contributed by atoms with Gasteiger partial charge in [-0.2, -0.15) is 5.26 Å². The van der Waals surface area contributed by atoms with Crippen LogP contribution in [0.25, 0.3) is 0 Å². The Hall–Kier alpha value is -2.23. The van der Waals surface area contributed by atoms with Gasteiger partial charge in [0.05, 0.1) is 16.7 Å². The standard InChI is InChI=1S/C13H10ClN3O2S/c14-12-7-9(8-15)1-6-13(12)20(18,19)17-11-4-2-10(16)3-5-11/h1-7,17H,16H2. The molecule has 0 amide bonds. The van der Waals surface area contributed by atoms with Crippen molar-refractivity contribution in [2.75, 3.05) is 10.5 Å². The van der Waals surface area contributed by atoms with E-state index in [9.17, 15) is 8.42 Å². The predicted octanol–water partition coefficient (Wildman–Crippen LogP) is 2.59. The molecule has 3 N–H and O–H groups in total. The van der Waals surface area contributed by atoms with Gasteiger partial charge in [-0.1, -0.05) is 11.6 Å². The predicted molar refractivity (Wildman–Crippen MR) is 77.8 cm³/mol. The highest BCUT2D eigenvalue weighted by molar-refractivity contribution is 7.92. The molecule has 0 saturated heterocycles. The van der Waals surface area contributed by atoms with Crippen LogP contribution in [0.1, 0.15) is 5.56 Å². The fourth-order valence-corrected chi connectivity index (χ4v) is 3.15. The number of nitrogens with one attached hydrogen (secondary N) is 1. The maximum atomic E-state index is 12.2. The lowest BCUT2D eigenvalue weighted by Crippen LogP contribution is -2.13. The molecule has 0 aromatic heterocycles. The van der Waals surface area contributed by atoms with E-state index < -0.39 is 10.0 Å². The summed E-state index contributed by atoms with van der Waals surface area (Å²) in [4.78, 5) is -0.0880. The molecule has 0 radical (unpaired) electrons. The summed E-state index contributed by atoms with van der Waals surface area (Å²) >= 11 is 5.89. The zero-order valence-electron chi connectivity index (χ0n) is 10.2. The fraction of sp³-hybridized carbons (Fsp3) is 0. The minimum absolute atomic E-state index is 0.00741. The first kappa shape index (κ1) is 14.2. The van der Waals surface area contributed by atoms with Gasteiger partial charge in [0.2, 0.25) is 0 Å². The molecule has 0 fully saturated rings. The third-order valence-corrected chi connectivity index (χ3v) is 4.38. The molecule has 7 heteroatoms. The highest BCUT2D eigenvalue weighted by Crippen LogP contribution is 2.25. The third kappa shape index (κ3) is 3.02. The van der Waals surface area contributed by atoms with Gasteiger partial charge >= 0.3 is 0 Å². The summed E-state index contributed by atoms with van der Waals surface area (Å²) in [6, 6.07) is 12.1. The number of nitrogens with two attached hydrogens (primary N) is 1. The van der Waals surface area contributed by atoms with Crippen LogP contribution < -0.4 is 10.5 Å². The second-order valence-electron chi connectivity index (χ2n) is 3.98. The number of hydrogen-bond acceptors (Lipinski definition) is 4. The average molecular weight is 308 g/mol. The van der Waals surface area contributed by atoms with Gasteiger partial charge in [0.1, 0.15) is 4.90 Å². The molecule has 20 heavy (non-hydrogen) atoms. The smallest absolute Gasteiger partial charge is 0.263 e. The van der Waals surface area contributed by atoms with Gasteiger partial charge in [0.15, 0.2) is 0 Å². The summed E-state index contributed by atoms with van der Waals surface area (Å²) in [5.74, 6) is 0. The molecule has 0 aliphatic heterocycles. The molecule has 0 bridgehead atoms. The van der Waals surface area contributed by atoms with Crippen LogP contribution in [0.3, 0.4) is 0 Å². The van der Waals surface area contributed by atoms with Crippen molar-refractivity contribution in [1.29, 1.82) is 5.26 Å². The molecular weight excluding hydrogens is 298 g/mol. The van der Waals surface area contributed by atoms with Crippen LogP contribution >= 0.6 is 11.6 Å². The Kier molecular flexibility index (Phi) is 3.84. The SMILES string of the molecule is N#Cc1ccc(S(=O)(=O)Nc2ccc(N)cc2)c(Cl)c1. The molecule has 2 rings (SSSR count). The van der Waals surface area contributed by atoms with Crippen LogP contribution in [0, 0.1) is 11.3 Å². The van der Waals surface area contributed by atoms with Gasteiger partial charge < -0.3 is 5.73 Å². The Bertz CT molecular complexity index is 780. The first-order valence-electron chi connectivity index (χ1n) is 5.50. The summed E-state index contributed by atoms with van der Waals surface area (Å²) in [6.07, 6.45) is 0. The monoisotopic (exact) mass is 307 g/mol. The van der Waals surface area contributed by atoms with Gasteiger partial charge in [-0.25, -0.2) is 8.42 Å². The van der Waals surface area contributed by atoms with Crippen molar-refractivity contribution in [3.8, 4) is 6.07 Å². The molecule has 0 aliphatic carbocycles. The van der Waals surface area contributed by atoms with Crippen molar-refractivity contribution >= 4 is 33.0 Å². The van der Waals surface area contributed by atoms with E-state index in [1.807, 2.05) is 6.07 Å². The lowest BCUT2D eigenvalue weighted by Gasteiger charge is -2.09. The van der Waals surface area contributed by atoms with E-state index in [2.05, 4.69) is 4.72 Å². The third-order valence-electron chi connectivity index (χ3n) is 2.51. The van der Waals surface area contributed by atoms with E-state index in [0.717, 1.165) is 0 Å². The zero-order chi connectivity index (χ0) is 14.8. The van der Waals surface area contributed by atoms with Crippen molar-refractivity contribution in [2.24, 2.45) is 0 Å². The molecular formula is C13H10ClN3O2S. The minimum atomic E-state index is -3.81. The number of benzene rings is 2. The van der Waals surface area contributed by atoms with Crippen molar-refractivity contribution in [2.45, 2.75) is 4.90 Å². The molecule has 0 spiro atoms. The summed E-state index contributed by atoms with van der Waals surface area (Å²) in [5.41, 5.74) is 6.73. The Balaban J connectivity index is 2.36. The molecule has 0 aliphatic rings. The largest absolute Gasteiger partial charge is 0.399 e. The number of nitriles is 1. The summed E-state index contributed by atoms with van der Waals surface area (Å²) in [5, 5.41) is 8.72. The molecule has 2 aromatic rings. The Labute approximate surface area is 121 Å². The minimum Gasteiger partial charge on any atom is -0.399 e. The number of nitrogen functional groups attached to an aromatic ring is 1. The van der Waals surface area contributed by atoms with E-state index in [1.165, 1.54) is 18.2 Å². The van der Waals surface area contributed by atoms with Gasteiger partial charge in [0.25, 0.3) is 10.0 Å². The molecule has 0 unspecified atom stereocenters. The topological polar surface area (TPSA) is 96.0 Å². The van der Waals surface area contributed by atoms with Crippen molar-refractivity contribution in [3.05, 3.63) is 53.1 Å². The first-order chi connectivity index (χ1) is 9.42. The number of anilines is 2. The van der Waals surface area contributed by atoms with Crippen LogP contribution in [-0.2, 0) is 10.0 Å². The molecule has 0 heterocycles. The molecule has 0 saturated carbocycles. The molecule has 5 nitrogen and oxygen atoms in total. The van der Waals surface area contributed by atoms with Gasteiger partial charge in [-0.15, -0.1) is 0 Å². The maximum absolute atomic E-state index is 12.2. The van der Waals surface area contributed by atoms with Crippen LogP contribution in [-0.4, -0.2) is 8.42 Å². The van der Waals surface area contributed by atoms with E-state index in [4.69, 9.17) is 22.6 Å². The fourth-order valence-electron chi connectivity index (χ4n) is 1.55. The number of nitrogens with zero attached hydrogens (tertiary/aromatic N) is 1. The number of sulfonamides is 1. The van der Waals surface area contributed by atoms with Crippen molar-refractivity contribution in [3.63, 3.8) is 0 Å². The quantitative estimate of drug-likeness (QED) is 0.852. The van der Waals surface area contributed by atoms with Crippen molar-refractivity contribution < 1.29 is 8.42 Å². The Morgan fingerprint density at radius 3 is 2.35 bits per heavy atom. The van der Waals surface area contributed by atoms with Crippen LogP contribution in [0.4, 0.5) is 11.4 Å². The second kappa shape index (κ2) is 5.41. The van der Waals surface area contributed by atoms with Gasteiger partial charge in [-0.3, -0.25) is 4.72 Å². The molecule has 2 aromatic carbocycles. The highest BCUT2D eigenvalue weighted by Gasteiger charge is 2.18. The van der Waals surface area contributed by atoms with Crippen LogP contribution in [0.15, 0.2) is 47.4 Å². The number of halogens is 1. The van der Waals surface area contributed by atoms with Gasteiger partial charge in [0, 0.05) is 11.4 Å². The number of hydrogen-bond donors (Lipinski definition) is 2. The van der Waals surface area contributed by atoms with E-state index >= 15 is 0 Å². The Morgan fingerprint density at radius 2 is 1.80 bits per heavy atom. The lowest BCUT2D eigenvalue weighted by molar-refractivity contribution is 0.601. The summed E-state index contributed by atoms with van der Waals surface area (Å²) in [6.45, 7) is 0. The summed E-state index contributed by atoms with van der Waals surface area (Å²) in [7, 11) is -3.81. The molecule has 102 valence electrons. The molecule has 0 atom stereocenters. The normalized spacial score (nSPS) is 10.8. The van der Waals surface area contributed by atoms with Crippen molar-refractivity contribution in [1.82, 2.24) is 0 Å². The van der Waals surface area contributed by atoms with Crippen LogP contribution in [0.5, 0.6) is 0 Å². The van der Waals surface area contributed by atoms with E-state index in [-0.39, 0.29) is 9.92 Å². The van der Waals surface area contributed by atoms with Gasteiger partial charge in [-0.05, 0) is 42.5 Å².